The van der Waals surface area contributed by atoms with Crippen LogP contribution in [-0.4, -0.2) is 21.9 Å². The summed E-state index contributed by atoms with van der Waals surface area (Å²) >= 11 is 0. The van der Waals surface area contributed by atoms with Crippen molar-refractivity contribution < 1.29 is 19.6 Å². The summed E-state index contributed by atoms with van der Waals surface area (Å²) in [7, 11) is 0. The number of rotatable bonds is 4. The fourth-order valence-electron chi connectivity index (χ4n) is 2.93. The van der Waals surface area contributed by atoms with E-state index in [1.165, 1.54) is 24.3 Å². The molecule has 0 spiro atoms. The first-order valence-corrected chi connectivity index (χ1v) is 8.68. The molecule has 0 aromatic heterocycles. The molecular weight excluding hydrogens is 372 g/mol. The van der Waals surface area contributed by atoms with Gasteiger partial charge in [0, 0.05) is 17.2 Å². The predicted octanol–water partition coefficient (Wildman–Crippen LogP) is 4.31. The lowest BCUT2D eigenvalue weighted by Gasteiger charge is -2.03. The lowest BCUT2D eigenvalue weighted by molar-refractivity contribution is -0.385. The lowest BCUT2D eigenvalue weighted by atomic mass is 10.0. The second-order valence-corrected chi connectivity index (χ2v) is 6.25. The highest BCUT2D eigenvalue weighted by Crippen LogP contribution is 2.32. The van der Waals surface area contributed by atoms with Crippen LogP contribution in [0.1, 0.15) is 11.1 Å². The van der Waals surface area contributed by atoms with Gasteiger partial charge in [-0.1, -0.05) is 54.6 Å². The van der Waals surface area contributed by atoms with Crippen LogP contribution < -0.4 is 0 Å². The number of hydrogen-bond donors (Lipinski definition) is 1. The Morgan fingerprint density at radius 1 is 0.897 bits per heavy atom. The van der Waals surface area contributed by atoms with E-state index in [1.54, 1.807) is 12.1 Å². The molecule has 1 heterocycles. The van der Waals surface area contributed by atoms with Crippen molar-refractivity contribution in [2.45, 2.75) is 0 Å². The summed E-state index contributed by atoms with van der Waals surface area (Å²) in [5.74, 6) is -1.10. The van der Waals surface area contributed by atoms with E-state index in [4.69, 9.17) is 4.74 Å². The Kier molecular flexibility index (Phi) is 4.62. The van der Waals surface area contributed by atoms with E-state index in [2.05, 4.69) is 4.99 Å². The molecule has 0 saturated carbocycles. The molecule has 0 bridgehead atoms. The fraction of sp³-hybridized carbons (Fsp3) is 0. The molecule has 3 aromatic carbocycles. The molecule has 0 saturated heterocycles. The van der Waals surface area contributed by atoms with Crippen molar-refractivity contribution >= 4 is 23.6 Å². The normalized spacial score (nSPS) is 14.6. The zero-order valence-corrected chi connectivity index (χ0v) is 15.0. The number of phenols is 1. The summed E-state index contributed by atoms with van der Waals surface area (Å²) in [6.07, 6.45) is 1.26. The van der Waals surface area contributed by atoms with E-state index in [0.29, 0.717) is 5.56 Å². The average molecular weight is 386 g/mol. The largest absolute Gasteiger partial charge is 0.502 e. The molecule has 0 amide bonds. The van der Waals surface area contributed by atoms with Gasteiger partial charge in [-0.05, 0) is 29.3 Å². The molecule has 1 aliphatic rings. The Morgan fingerprint density at radius 3 is 2.24 bits per heavy atom. The van der Waals surface area contributed by atoms with Gasteiger partial charge in [0.2, 0.25) is 11.6 Å². The van der Waals surface area contributed by atoms with Gasteiger partial charge in [0.15, 0.2) is 5.70 Å². The van der Waals surface area contributed by atoms with E-state index < -0.39 is 22.3 Å². The van der Waals surface area contributed by atoms with E-state index in [1.807, 2.05) is 42.5 Å². The standard InChI is InChI=1S/C22H14N2O5/c25-20-17(7-4-8-19(20)24(27)28)13-18-22(26)29-21(23-18)16-11-9-15(10-12-16)14-5-2-1-3-6-14/h1-13,25H. The van der Waals surface area contributed by atoms with E-state index in [0.717, 1.165) is 11.1 Å². The number of ether oxygens (including phenoxy) is 1. The molecule has 0 fully saturated rings. The van der Waals surface area contributed by atoms with Gasteiger partial charge in [-0.2, -0.15) is 0 Å². The Hall–Kier alpha value is -4.26. The number of nitro groups is 1. The number of nitrogens with zero attached hydrogens (tertiary/aromatic N) is 2. The van der Waals surface area contributed by atoms with E-state index in [9.17, 15) is 20.0 Å². The first-order chi connectivity index (χ1) is 14.0. The van der Waals surface area contributed by atoms with Gasteiger partial charge < -0.3 is 9.84 Å². The Morgan fingerprint density at radius 2 is 1.55 bits per heavy atom. The number of carbonyl (C=O) groups excluding carboxylic acids is 1. The van der Waals surface area contributed by atoms with Gasteiger partial charge in [-0.25, -0.2) is 9.79 Å². The summed E-state index contributed by atoms with van der Waals surface area (Å²) in [6, 6.07) is 21.3. The number of phenolic OH excluding ortho intramolecular Hbond substituents is 1. The molecule has 29 heavy (non-hydrogen) atoms. The number of para-hydroxylation sites is 1. The third-order valence-electron chi connectivity index (χ3n) is 4.39. The van der Waals surface area contributed by atoms with E-state index in [-0.39, 0.29) is 17.2 Å². The fourth-order valence-corrected chi connectivity index (χ4v) is 2.93. The van der Waals surface area contributed by atoms with Crippen LogP contribution in [0.25, 0.3) is 17.2 Å². The van der Waals surface area contributed by atoms with Crippen LogP contribution in [0, 0.1) is 10.1 Å². The van der Waals surface area contributed by atoms with Gasteiger partial charge >= 0.3 is 11.7 Å². The third-order valence-corrected chi connectivity index (χ3v) is 4.39. The predicted molar refractivity (Wildman–Crippen MR) is 107 cm³/mol. The van der Waals surface area contributed by atoms with Crippen molar-refractivity contribution in [3.63, 3.8) is 0 Å². The lowest BCUT2D eigenvalue weighted by Crippen LogP contribution is -2.05. The van der Waals surface area contributed by atoms with Crippen molar-refractivity contribution in [3.05, 3.63) is 99.7 Å². The topological polar surface area (TPSA) is 102 Å². The van der Waals surface area contributed by atoms with Gasteiger partial charge in [-0.15, -0.1) is 0 Å². The molecule has 1 aliphatic heterocycles. The molecule has 0 radical (unpaired) electrons. The summed E-state index contributed by atoms with van der Waals surface area (Å²) in [4.78, 5) is 26.6. The van der Waals surface area contributed by atoms with Gasteiger partial charge in [-0.3, -0.25) is 10.1 Å². The Bertz CT molecular complexity index is 1170. The van der Waals surface area contributed by atoms with Crippen molar-refractivity contribution in [2.75, 3.05) is 0 Å². The van der Waals surface area contributed by atoms with Crippen LogP contribution in [0.3, 0.4) is 0 Å². The molecule has 4 rings (SSSR count). The molecule has 0 aliphatic carbocycles. The second kappa shape index (κ2) is 7.40. The number of nitro benzene ring substituents is 1. The number of cyclic esters (lactones) is 1. The summed E-state index contributed by atoms with van der Waals surface area (Å²) < 4.78 is 5.22. The first kappa shape index (κ1) is 18.1. The molecule has 142 valence electrons. The number of esters is 1. The minimum atomic E-state index is -0.701. The summed E-state index contributed by atoms with van der Waals surface area (Å²) in [5.41, 5.74) is 2.29. The van der Waals surface area contributed by atoms with Gasteiger partial charge in [0.25, 0.3) is 0 Å². The zero-order chi connectivity index (χ0) is 20.4. The summed E-state index contributed by atoms with van der Waals surface area (Å²) in [6.45, 7) is 0. The minimum Gasteiger partial charge on any atom is -0.502 e. The Labute approximate surface area is 165 Å². The zero-order valence-electron chi connectivity index (χ0n) is 15.0. The van der Waals surface area contributed by atoms with Crippen LogP contribution in [0.5, 0.6) is 5.75 Å². The minimum absolute atomic E-state index is 0.0528. The quantitative estimate of drug-likeness (QED) is 0.311. The monoisotopic (exact) mass is 386 g/mol. The highest BCUT2D eigenvalue weighted by molar-refractivity contribution is 6.13. The van der Waals surface area contributed by atoms with Crippen LogP contribution >= 0.6 is 0 Å². The smallest absolute Gasteiger partial charge is 0.363 e. The maximum Gasteiger partial charge on any atom is 0.363 e. The van der Waals surface area contributed by atoms with E-state index >= 15 is 0 Å². The van der Waals surface area contributed by atoms with Crippen LogP contribution in [-0.2, 0) is 9.53 Å². The number of benzene rings is 3. The SMILES string of the molecule is O=C1OC(c2ccc(-c3ccccc3)cc2)=NC1=Cc1cccc([N+](=O)[O-])c1O. The van der Waals surface area contributed by atoms with Crippen molar-refractivity contribution in [1.29, 1.82) is 0 Å². The number of hydrogen-bond acceptors (Lipinski definition) is 6. The van der Waals surface area contributed by atoms with Crippen molar-refractivity contribution in [3.8, 4) is 16.9 Å². The van der Waals surface area contributed by atoms with Crippen LogP contribution in [0.15, 0.2) is 83.5 Å². The molecule has 7 nitrogen and oxygen atoms in total. The molecule has 3 aromatic rings. The molecular formula is C22H14N2O5. The summed E-state index contributed by atoms with van der Waals surface area (Å²) in [5, 5.41) is 21.0. The van der Waals surface area contributed by atoms with Crippen molar-refractivity contribution in [2.24, 2.45) is 4.99 Å². The number of aliphatic imine (C=N–C) groups is 1. The maximum atomic E-state index is 12.2. The highest BCUT2D eigenvalue weighted by Gasteiger charge is 2.25. The molecule has 0 unspecified atom stereocenters. The highest BCUT2D eigenvalue weighted by atomic mass is 16.6. The Balaban J connectivity index is 1.64. The van der Waals surface area contributed by atoms with Crippen LogP contribution in [0.2, 0.25) is 0 Å². The van der Waals surface area contributed by atoms with Crippen molar-refractivity contribution in [1.82, 2.24) is 0 Å². The van der Waals surface area contributed by atoms with Crippen LogP contribution in [0.4, 0.5) is 5.69 Å². The molecule has 7 heteroatoms. The van der Waals surface area contributed by atoms with Gasteiger partial charge in [0.1, 0.15) is 0 Å². The third kappa shape index (κ3) is 3.61. The number of carbonyl (C=O) groups is 1. The second-order valence-electron chi connectivity index (χ2n) is 6.25. The number of aromatic hydroxyl groups is 1. The van der Waals surface area contributed by atoms with Gasteiger partial charge in [0.05, 0.1) is 4.92 Å². The maximum absolute atomic E-state index is 12.2. The average Bonchev–Trinajstić information content (AvgIpc) is 3.10. The molecule has 0 atom stereocenters. The molecule has 1 N–H and O–H groups in total. The first-order valence-electron chi connectivity index (χ1n) is 8.68.